The number of carbonyl (C=O) groups excluding carboxylic acids is 2. The number of aromatic nitrogens is 2. The molecule has 0 radical (unpaired) electrons. The number of fused-ring (bicyclic) bond motifs is 1. The molecule has 7 rings (SSSR count). The molecule has 5 fully saturated rings. The van der Waals surface area contributed by atoms with Crippen molar-refractivity contribution >= 4 is 22.8 Å². The lowest BCUT2D eigenvalue weighted by molar-refractivity contribution is -0.146. The largest absolute Gasteiger partial charge is 0.378 e. The molecule has 0 spiro atoms. The number of imidazole rings is 1. The summed E-state index contributed by atoms with van der Waals surface area (Å²) in [5.74, 6) is 3.50. The van der Waals surface area contributed by atoms with Gasteiger partial charge in [0, 0.05) is 31.5 Å². The Labute approximate surface area is 194 Å². The predicted molar refractivity (Wildman–Crippen MR) is 124 cm³/mol. The second kappa shape index (κ2) is 8.42. The number of hydrogen-bond acceptors (Lipinski definition) is 4. The van der Waals surface area contributed by atoms with E-state index in [4.69, 9.17) is 9.72 Å². The van der Waals surface area contributed by atoms with Crippen LogP contribution in [0.2, 0.25) is 0 Å². The molecule has 1 saturated heterocycles. The van der Waals surface area contributed by atoms with E-state index in [2.05, 4.69) is 5.32 Å². The third-order valence-corrected chi connectivity index (χ3v) is 8.54. The molecule has 0 unspecified atom stereocenters. The summed E-state index contributed by atoms with van der Waals surface area (Å²) in [6.07, 6.45) is 7.89. The number of ether oxygens (including phenoxy) is 1. The number of morpholine rings is 1. The summed E-state index contributed by atoms with van der Waals surface area (Å²) >= 11 is 0. The number of rotatable bonds is 6. The zero-order valence-electron chi connectivity index (χ0n) is 19.3. The fourth-order valence-electron chi connectivity index (χ4n) is 7.40. The Balaban J connectivity index is 1.15. The lowest BCUT2D eigenvalue weighted by atomic mass is 9.49. The molecule has 7 heteroatoms. The first kappa shape index (κ1) is 21.1. The highest BCUT2D eigenvalue weighted by molar-refractivity contribution is 5.83. The van der Waals surface area contributed by atoms with Crippen molar-refractivity contribution in [1.82, 2.24) is 19.8 Å². The molecular weight excluding hydrogens is 416 g/mol. The number of benzene rings is 1. The van der Waals surface area contributed by atoms with Gasteiger partial charge in [0.05, 0.1) is 24.2 Å². The van der Waals surface area contributed by atoms with E-state index < -0.39 is 0 Å². The lowest BCUT2D eigenvalue weighted by Gasteiger charge is -2.55. The first-order valence-electron chi connectivity index (χ1n) is 12.7. The predicted octanol–water partition coefficient (Wildman–Crippen LogP) is 2.77. The highest BCUT2D eigenvalue weighted by Gasteiger charge is 2.54. The summed E-state index contributed by atoms with van der Waals surface area (Å²) in [5, 5.41) is 3.27. The number of nitrogens with one attached hydrogen (secondary N) is 1. The third kappa shape index (κ3) is 3.94. The maximum atomic E-state index is 13.3. The van der Waals surface area contributed by atoms with Crippen molar-refractivity contribution in [3.05, 3.63) is 30.1 Å². The Morgan fingerprint density at radius 2 is 1.70 bits per heavy atom. The van der Waals surface area contributed by atoms with Crippen molar-refractivity contribution in [3.63, 3.8) is 0 Å². The zero-order chi connectivity index (χ0) is 22.4. The molecule has 2 amide bonds. The third-order valence-electron chi connectivity index (χ3n) is 8.54. The van der Waals surface area contributed by atoms with Gasteiger partial charge in [0.15, 0.2) is 0 Å². The van der Waals surface area contributed by atoms with Crippen molar-refractivity contribution in [2.75, 3.05) is 32.8 Å². The molecule has 4 saturated carbocycles. The Morgan fingerprint density at radius 1 is 1.03 bits per heavy atom. The highest BCUT2D eigenvalue weighted by atomic mass is 16.5. The van der Waals surface area contributed by atoms with Crippen molar-refractivity contribution in [3.8, 4) is 0 Å². The van der Waals surface area contributed by atoms with E-state index in [1.807, 2.05) is 33.7 Å². The van der Waals surface area contributed by atoms with Crippen LogP contribution in [0.3, 0.4) is 0 Å². The molecule has 4 aliphatic carbocycles. The average Bonchev–Trinajstić information content (AvgIpc) is 3.16. The molecule has 0 atom stereocenters. The smallest absolute Gasteiger partial charge is 0.242 e. The quantitative estimate of drug-likeness (QED) is 0.734. The fourth-order valence-corrected chi connectivity index (χ4v) is 7.40. The maximum absolute atomic E-state index is 13.3. The van der Waals surface area contributed by atoms with Gasteiger partial charge in [-0.3, -0.25) is 9.59 Å². The molecule has 2 heterocycles. The van der Waals surface area contributed by atoms with Gasteiger partial charge in [-0.1, -0.05) is 12.1 Å². The van der Waals surface area contributed by atoms with Crippen LogP contribution in [0, 0.1) is 23.2 Å². The molecule has 1 N–H and O–H groups in total. The Morgan fingerprint density at radius 3 is 2.39 bits per heavy atom. The van der Waals surface area contributed by atoms with E-state index in [0.29, 0.717) is 39.3 Å². The zero-order valence-corrected chi connectivity index (χ0v) is 19.3. The number of nitrogens with zero attached hydrogens (tertiary/aromatic N) is 3. The minimum atomic E-state index is -0.124. The van der Waals surface area contributed by atoms with Gasteiger partial charge in [-0.15, -0.1) is 0 Å². The second-order valence-electron chi connectivity index (χ2n) is 10.8. The fraction of sp³-hybridized carbons (Fsp3) is 0.654. The van der Waals surface area contributed by atoms with E-state index in [0.717, 1.165) is 53.9 Å². The summed E-state index contributed by atoms with van der Waals surface area (Å²) in [6, 6.07) is 7.97. The molecule has 1 aromatic heterocycles. The van der Waals surface area contributed by atoms with Gasteiger partial charge < -0.3 is 19.5 Å². The summed E-state index contributed by atoms with van der Waals surface area (Å²) in [7, 11) is 0. The normalized spacial score (nSPS) is 30.7. The molecule has 1 aliphatic heterocycles. The standard InChI is InChI=1S/C26H34N4O3/c31-24(29-7-9-33-10-8-29)17-30-22-4-2-1-3-21(22)28-23(30)5-6-27-25(32)26-14-18-11-19(15-26)13-20(12-18)16-26/h1-4,18-20H,5-17H2,(H,27,32). The van der Waals surface area contributed by atoms with E-state index in [1.165, 1.54) is 19.3 Å². The van der Waals surface area contributed by atoms with Crippen LogP contribution in [0.15, 0.2) is 24.3 Å². The van der Waals surface area contributed by atoms with Gasteiger partial charge in [0.25, 0.3) is 0 Å². The van der Waals surface area contributed by atoms with Gasteiger partial charge in [0.2, 0.25) is 11.8 Å². The molecule has 176 valence electrons. The molecule has 7 nitrogen and oxygen atoms in total. The SMILES string of the molecule is O=C(Cn1c(CCNC(=O)C23CC4CC(CC(C4)C2)C3)nc2ccccc21)N1CCOCC1. The topological polar surface area (TPSA) is 76.5 Å². The minimum Gasteiger partial charge on any atom is -0.378 e. The van der Waals surface area contributed by atoms with Crippen molar-refractivity contribution in [2.45, 2.75) is 51.5 Å². The number of amides is 2. The van der Waals surface area contributed by atoms with Crippen LogP contribution in [0.1, 0.15) is 44.3 Å². The monoisotopic (exact) mass is 450 g/mol. The first-order chi connectivity index (χ1) is 16.1. The Hall–Kier alpha value is -2.41. The van der Waals surface area contributed by atoms with Gasteiger partial charge in [-0.05, 0) is 68.4 Å². The van der Waals surface area contributed by atoms with Crippen LogP contribution in [-0.2, 0) is 27.3 Å². The molecular formula is C26H34N4O3. The molecule has 5 aliphatic rings. The molecule has 2 aromatic rings. The van der Waals surface area contributed by atoms with Crippen molar-refractivity contribution in [2.24, 2.45) is 23.2 Å². The van der Waals surface area contributed by atoms with E-state index >= 15 is 0 Å². The van der Waals surface area contributed by atoms with E-state index in [9.17, 15) is 9.59 Å². The van der Waals surface area contributed by atoms with Crippen molar-refractivity contribution in [1.29, 1.82) is 0 Å². The van der Waals surface area contributed by atoms with Crippen LogP contribution in [0.25, 0.3) is 11.0 Å². The minimum absolute atomic E-state index is 0.0975. The van der Waals surface area contributed by atoms with Gasteiger partial charge in [0.1, 0.15) is 12.4 Å². The summed E-state index contributed by atoms with van der Waals surface area (Å²) in [6.45, 7) is 3.32. The number of para-hydroxylation sites is 2. The molecule has 4 bridgehead atoms. The van der Waals surface area contributed by atoms with Crippen LogP contribution < -0.4 is 5.32 Å². The average molecular weight is 451 g/mol. The van der Waals surface area contributed by atoms with E-state index in [1.54, 1.807) is 0 Å². The summed E-state index contributed by atoms with van der Waals surface area (Å²) in [4.78, 5) is 33.0. The first-order valence-corrected chi connectivity index (χ1v) is 12.7. The lowest BCUT2D eigenvalue weighted by Crippen LogP contribution is -2.53. The van der Waals surface area contributed by atoms with Crippen LogP contribution >= 0.6 is 0 Å². The summed E-state index contributed by atoms with van der Waals surface area (Å²) < 4.78 is 7.42. The van der Waals surface area contributed by atoms with Crippen LogP contribution in [-0.4, -0.2) is 59.1 Å². The van der Waals surface area contributed by atoms with Crippen LogP contribution in [0.4, 0.5) is 0 Å². The molecule has 1 aromatic carbocycles. The summed E-state index contributed by atoms with van der Waals surface area (Å²) in [5.41, 5.74) is 1.75. The van der Waals surface area contributed by atoms with Crippen molar-refractivity contribution < 1.29 is 14.3 Å². The Bertz CT molecular complexity index is 1020. The molecule has 33 heavy (non-hydrogen) atoms. The van der Waals surface area contributed by atoms with Gasteiger partial charge in [-0.25, -0.2) is 4.98 Å². The van der Waals surface area contributed by atoms with Crippen LogP contribution in [0.5, 0.6) is 0 Å². The Kier molecular flexibility index (Phi) is 5.40. The maximum Gasteiger partial charge on any atom is 0.242 e. The van der Waals surface area contributed by atoms with Gasteiger partial charge in [-0.2, -0.15) is 0 Å². The second-order valence-corrected chi connectivity index (χ2v) is 10.8. The van der Waals surface area contributed by atoms with E-state index in [-0.39, 0.29) is 23.8 Å². The highest BCUT2D eigenvalue weighted by Crippen LogP contribution is 2.60. The van der Waals surface area contributed by atoms with Gasteiger partial charge >= 0.3 is 0 Å². The number of carbonyl (C=O) groups is 2. The number of hydrogen-bond donors (Lipinski definition) is 1.